The predicted molar refractivity (Wildman–Crippen MR) is 65.7 cm³/mol. The number of aromatic carboxylic acids is 1. The highest BCUT2D eigenvalue weighted by atomic mass is 16.6. The summed E-state index contributed by atoms with van der Waals surface area (Å²) in [5, 5.41) is 11.5. The number of carbonyl (C=O) groups excluding carboxylic acids is 1. The van der Waals surface area contributed by atoms with Crippen LogP contribution in [0, 0.1) is 0 Å². The average molecular weight is 250 g/mol. The van der Waals surface area contributed by atoms with Gasteiger partial charge in [0.25, 0.3) is 0 Å². The molecule has 0 saturated carbocycles. The van der Waals surface area contributed by atoms with Gasteiger partial charge in [0, 0.05) is 13.5 Å². The maximum absolute atomic E-state index is 11.0. The minimum absolute atomic E-state index is 0.0358. The van der Waals surface area contributed by atoms with Crippen molar-refractivity contribution < 1.29 is 24.0 Å². The number of carbonyl (C=O) groups is 2. The van der Waals surface area contributed by atoms with Gasteiger partial charge in [0.05, 0.1) is 5.69 Å². The SMILES string of the molecule is CCO[B]Oc1c(NC(C)=O)cccc1C(=O)O. The summed E-state index contributed by atoms with van der Waals surface area (Å²) in [6.45, 7) is 3.48. The molecular formula is C11H13BNO5. The first-order valence-electron chi connectivity index (χ1n) is 5.30. The molecule has 0 saturated heterocycles. The largest absolute Gasteiger partial charge is 0.572 e. The van der Waals surface area contributed by atoms with Crippen molar-refractivity contribution in [2.75, 3.05) is 11.9 Å². The molecule has 0 fully saturated rings. The molecule has 1 radical (unpaired) electrons. The number of hydrogen-bond acceptors (Lipinski definition) is 4. The number of nitrogens with one attached hydrogen (secondary N) is 1. The van der Waals surface area contributed by atoms with Gasteiger partial charge in [0.1, 0.15) is 11.3 Å². The Balaban J connectivity index is 3.04. The zero-order chi connectivity index (χ0) is 13.5. The van der Waals surface area contributed by atoms with E-state index in [0.717, 1.165) is 7.69 Å². The Labute approximate surface area is 105 Å². The van der Waals surface area contributed by atoms with E-state index >= 15 is 0 Å². The molecule has 18 heavy (non-hydrogen) atoms. The first kappa shape index (κ1) is 14.0. The van der Waals surface area contributed by atoms with Gasteiger partial charge >= 0.3 is 13.7 Å². The Morgan fingerprint density at radius 2 is 2.17 bits per heavy atom. The summed E-state index contributed by atoms with van der Waals surface area (Å²) in [7, 11) is 1.03. The third-order valence-electron chi connectivity index (χ3n) is 1.96. The molecule has 0 heterocycles. The van der Waals surface area contributed by atoms with Gasteiger partial charge in [-0.05, 0) is 19.1 Å². The van der Waals surface area contributed by atoms with Crippen LogP contribution in [0.4, 0.5) is 5.69 Å². The molecule has 0 aromatic heterocycles. The summed E-state index contributed by atoms with van der Waals surface area (Å²) >= 11 is 0. The van der Waals surface area contributed by atoms with Gasteiger partial charge in [0.15, 0.2) is 0 Å². The van der Waals surface area contributed by atoms with E-state index in [1.165, 1.54) is 19.1 Å². The standard InChI is InChI=1S/C11H13BNO5/c1-3-17-12-18-10-8(11(15)16)5-4-6-9(10)13-7(2)14/h4-6H,3H2,1-2H3,(H,13,14)(H,15,16). The van der Waals surface area contributed by atoms with Crippen LogP contribution < -0.4 is 9.97 Å². The Kier molecular flexibility index (Phi) is 5.19. The van der Waals surface area contributed by atoms with Gasteiger partial charge in [-0.3, -0.25) is 4.79 Å². The zero-order valence-electron chi connectivity index (χ0n) is 10.1. The quantitative estimate of drug-likeness (QED) is 0.587. The van der Waals surface area contributed by atoms with Crippen molar-refractivity contribution in [3.63, 3.8) is 0 Å². The van der Waals surface area contributed by atoms with Gasteiger partial charge < -0.3 is 19.7 Å². The Bertz CT molecular complexity index is 449. The number of rotatable bonds is 6. The highest BCUT2D eigenvalue weighted by molar-refractivity contribution is 6.20. The minimum atomic E-state index is -1.15. The molecule has 0 atom stereocenters. The second kappa shape index (κ2) is 6.66. The van der Waals surface area contributed by atoms with Crippen molar-refractivity contribution in [3.05, 3.63) is 23.8 Å². The number of carboxylic acids is 1. The van der Waals surface area contributed by atoms with Crippen molar-refractivity contribution in [2.24, 2.45) is 0 Å². The highest BCUT2D eigenvalue weighted by Gasteiger charge is 2.16. The van der Waals surface area contributed by atoms with E-state index < -0.39 is 5.97 Å². The molecule has 1 aromatic carbocycles. The molecule has 7 heteroatoms. The zero-order valence-corrected chi connectivity index (χ0v) is 10.1. The van der Waals surface area contributed by atoms with Gasteiger partial charge in [-0.25, -0.2) is 4.79 Å². The van der Waals surface area contributed by atoms with Crippen LogP contribution in [-0.2, 0) is 9.45 Å². The molecule has 1 rings (SSSR count). The molecule has 2 N–H and O–H groups in total. The van der Waals surface area contributed by atoms with Gasteiger partial charge in [-0.2, -0.15) is 0 Å². The normalized spacial score (nSPS) is 9.67. The number of benzene rings is 1. The minimum Gasteiger partial charge on any atom is -0.535 e. The molecular weight excluding hydrogens is 237 g/mol. The molecule has 1 aromatic rings. The average Bonchev–Trinajstić information content (AvgIpc) is 2.30. The molecule has 0 aliphatic carbocycles. The first-order valence-corrected chi connectivity index (χ1v) is 5.30. The van der Waals surface area contributed by atoms with E-state index in [1.54, 1.807) is 13.0 Å². The van der Waals surface area contributed by atoms with E-state index in [4.69, 9.17) is 14.4 Å². The molecule has 0 aliphatic rings. The number of hydrogen-bond donors (Lipinski definition) is 2. The van der Waals surface area contributed by atoms with E-state index in [-0.39, 0.29) is 22.9 Å². The van der Waals surface area contributed by atoms with Crippen LogP contribution in [0.5, 0.6) is 5.75 Å². The number of carboxylic acid groups (broad SMARTS) is 1. The molecule has 0 unspecified atom stereocenters. The van der Waals surface area contributed by atoms with Gasteiger partial charge in [-0.1, -0.05) is 6.07 Å². The maximum Gasteiger partial charge on any atom is 0.572 e. The maximum atomic E-state index is 11.0. The van der Waals surface area contributed by atoms with E-state index in [9.17, 15) is 9.59 Å². The Hall–Kier alpha value is -2.02. The fourth-order valence-electron chi connectivity index (χ4n) is 1.27. The van der Waals surface area contributed by atoms with E-state index in [0.29, 0.717) is 6.61 Å². The molecule has 0 bridgehead atoms. The number of para-hydroxylation sites is 1. The lowest BCUT2D eigenvalue weighted by Gasteiger charge is -2.13. The Morgan fingerprint density at radius 3 is 2.72 bits per heavy atom. The van der Waals surface area contributed by atoms with Crippen LogP contribution >= 0.6 is 0 Å². The summed E-state index contributed by atoms with van der Waals surface area (Å²) in [4.78, 5) is 22.1. The fourth-order valence-corrected chi connectivity index (χ4v) is 1.27. The van der Waals surface area contributed by atoms with Gasteiger partial charge in [-0.15, -0.1) is 0 Å². The molecule has 95 valence electrons. The van der Waals surface area contributed by atoms with E-state index in [1.807, 2.05) is 0 Å². The predicted octanol–water partition coefficient (Wildman–Crippen LogP) is 1.29. The van der Waals surface area contributed by atoms with Crippen LogP contribution in [0.15, 0.2) is 18.2 Å². The monoisotopic (exact) mass is 250 g/mol. The summed E-state index contributed by atoms with van der Waals surface area (Å²) in [5.41, 5.74) is 0.218. The number of amides is 1. The third-order valence-corrected chi connectivity index (χ3v) is 1.96. The topological polar surface area (TPSA) is 84.9 Å². The lowest BCUT2D eigenvalue weighted by Crippen LogP contribution is -2.14. The van der Waals surface area contributed by atoms with Crippen LogP contribution in [0.1, 0.15) is 24.2 Å². The van der Waals surface area contributed by atoms with Crippen LogP contribution in [-0.4, -0.2) is 31.3 Å². The molecule has 0 aliphatic heterocycles. The summed E-state index contributed by atoms with van der Waals surface area (Å²) in [6, 6.07) is 4.44. The lowest BCUT2D eigenvalue weighted by molar-refractivity contribution is -0.114. The van der Waals surface area contributed by atoms with Gasteiger partial charge in [0.2, 0.25) is 5.91 Å². The summed E-state index contributed by atoms with van der Waals surface area (Å²) in [5.74, 6) is -1.44. The van der Waals surface area contributed by atoms with Crippen molar-refractivity contribution >= 4 is 25.2 Å². The molecule has 0 spiro atoms. The molecule has 6 nitrogen and oxygen atoms in total. The second-order valence-corrected chi connectivity index (χ2v) is 3.34. The third kappa shape index (κ3) is 3.78. The van der Waals surface area contributed by atoms with Crippen molar-refractivity contribution in [3.8, 4) is 5.75 Å². The van der Waals surface area contributed by atoms with Crippen LogP contribution in [0.25, 0.3) is 0 Å². The highest BCUT2D eigenvalue weighted by Crippen LogP contribution is 2.28. The lowest BCUT2D eigenvalue weighted by atomic mass is 10.1. The fraction of sp³-hybridized carbons (Fsp3) is 0.273. The molecule has 1 amide bonds. The van der Waals surface area contributed by atoms with Crippen LogP contribution in [0.3, 0.4) is 0 Å². The first-order chi connectivity index (χ1) is 8.56. The van der Waals surface area contributed by atoms with Crippen molar-refractivity contribution in [1.82, 2.24) is 0 Å². The van der Waals surface area contributed by atoms with Crippen molar-refractivity contribution in [2.45, 2.75) is 13.8 Å². The van der Waals surface area contributed by atoms with Crippen molar-refractivity contribution in [1.29, 1.82) is 0 Å². The Morgan fingerprint density at radius 1 is 1.44 bits per heavy atom. The number of anilines is 1. The second-order valence-electron chi connectivity index (χ2n) is 3.34. The summed E-state index contributed by atoms with van der Waals surface area (Å²) < 4.78 is 10.0. The smallest absolute Gasteiger partial charge is 0.535 e. The van der Waals surface area contributed by atoms with E-state index in [2.05, 4.69) is 5.32 Å². The summed E-state index contributed by atoms with van der Waals surface area (Å²) in [6.07, 6.45) is 0. The van der Waals surface area contributed by atoms with Crippen LogP contribution in [0.2, 0.25) is 0 Å².